The summed E-state index contributed by atoms with van der Waals surface area (Å²) in [4.78, 5) is 2.46. The number of hydrogen-bond acceptors (Lipinski definition) is 3. The van der Waals surface area contributed by atoms with Gasteiger partial charge in [0.1, 0.15) is 5.75 Å². The zero-order valence-corrected chi connectivity index (χ0v) is 12.5. The Labute approximate surface area is 119 Å². The molecule has 0 saturated heterocycles. The molecule has 0 radical (unpaired) electrons. The molecule has 0 fully saturated rings. The molecule has 1 aromatic heterocycles. The third kappa shape index (κ3) is 2.09. The standard InChI is InChI=1S/C14H14BrNOS/c1-8-6-11(15)14(18-8)13(16)10-2-3-12-9(7-10)4-5-17-12/h2-3,6-7,13H,4-5,16H2,1H3. The van der Waals surface area contributed by atoms with Crippen LogP contribution in [0.1, 0.15) is 26.9 Å². The normalized spacial score (nSPS) is 15.3. The Morgan fingerprint density at radius 1 is 1.39 bits per heavy atom. The molecule has 18 heavy (non-hydrogen) atoms. The highest BCUT2D eigenvalue weighted by Gasteiger charge is 2.18. The summed E-state index contributed by atoms with van der Waals surface area (Å²) in [5.74, 6) is 1.01. The predicted octanol–water partition coefficient (Wildman–Crippen LogP) is 3.80. The van der Waals surface area contributed by atoms with E-state index in [1.54, 1.807) is 11.3 Å². The largest absolute Gasteiger partial charge is 0.493 e. The number of fused-ring (bicyclic) bond motifs is 1. The minimum atomic E-state index is -0.0658. The number of ether oxygens (including phenoxy) is 1. The molecule has 0 amide bonds. The number of thiophene rings is 1. The molecule has 0 aliphatic carbocycles. The van der Waals surface area contributed by atoms with Crippen LogP contribution in [0, 0.1) is 6.92 Å². The number of aryl methyl sites for hydroxylation is 1. The van der Waals surface area contributed by atoms with E-state index in [1.807, 2.05) is 6.07 Å². The van der Waals surface area contributed by atoms with Crippen LogP contribution >= 0.6 is 27.3 Å². The van der Waals surface area contributed by atoms with Crippen molar-refractivity contribution >= 4 is 27.3 Å². The van der Waals surface area contributed by atoms with Crippen LogP contribution in [0.3, 0.4) is 0 Å². The zero-order valence-electron chi connectivity index (χ0n) is 10.1. The van der Waals surface area contributed by atoms with Crippen molar-refractivity contribution in [3.05, 3.63) is 49.6 Å². The molecule has 1 aliphatic heterocycles. The van der Waals surface area contributed by atoms with Gasteiger partial charge in [-0.2, -0.15) is 0 Å². The van der Waals surface area contributed by atoms with Gasteiger partial charge in [-0.3, -0.25) is 0 Å². The van der Waals surface area contributed by atoms with Crippen LogP contribution in [0.25, 0.3) is 0 Å². The van der Waals surface area contributed by atoms with E-state index >= 15 is 0 Å². The van der Waals surface area contributed by atoms with Gasteiger partial charge in [-0.1, -0.05) is 12.1 Å². The third-order valence-electron chi connectivity index (χ3n) is 3.19. The maximum absolute atomic E-state index is 6.36. The van der Waals surface area contributed by atoms with Crippen LogP contribution in [0.5, 0.6) is 5.75 Å². The van der Waals surface area contributed by atoms with Crippen LogP contribution in [-0.4, -0.2) is 6.61 Å². The molecule has 1 atom stereocenters. The predicted molar refractivity (Wildman–Crippen MR) is 78.4 cm³/mol. The molecule has 0 spiro atoms. The second-order valence-corrected chi connectivity index (χ2v) is 6.65. The maximum Gasteiger partial charge on any atom is 0.122 e. The van der Waals surface area contributed by atoms with Gasteiger partial charge in [0.15, 0.2) is 0 Å². The first kappa shape index (κ1) is 12.2. The monoisotopic (exact) mass is 323 g/mol. The van der Waals surface area contributed by atoms with Crippen molar-refractivity contribution in [2.75, 3.05) is 6.61 Å². The van der Waals surface area contributed by atoms with Crippen molar-refractivity contribution in [3.8, 4) is 5.75 Å². The fourth-order valence-corrected chi connectivity index (χ4v) is 4.19. The molecule has 2 heterocycles. The molecule has 3 rings (SSSR count). The Balaban J connectivity index is 1.97. The van der Waals surface area contributed by atoms with E-state index in [0.717, 1.165) is 28.8 Å². The maximum atomic E-state index is 6.36. The molecule has 94 valence electrons. The first-order valence-corrected chi connectivity index (χ1v) is 7.53. The van der Waals surface area contributed by atoms with Crippen LogP contribution in [0.2, 0.25) is 0 Å². The lowest BCUT2D eigenvalue weighted by Gasteiger charge is -2.12. The fraction of sp³-hybridized carbons (Fsp3) is 0.286. The summed E-state index contributed by atoms with van der Waals surface area (Å²) in [5.41, 5.74) is 8.79. The van der Waals surface area contributed by atoms with E-state index in [9.17, 15) is 0 Å². The van der Waals surface area contributed by atoms with Gasteiger partial charge in [-0.25, -0.2) is 0 Å². The Hall–Kier alpha value is -0.840. The van der Waals surface area contributed by atoms with Crippen LogP contribution < -0.4 is 10.5 Å². The second kappa shape index (κ2) is 4.68. The molecular formula is C14H14BrNOS. The zero-order chi connectivity index (χ0) is 12.7. The number of halogens is 1. The molecule has 2 N–H and O–H groups in total. The minimum absolute atomic E-state index is 0.0658. The summed E-state index contributed by atoms with van der Waals surface area (Å²) >= 11 is 5.33. The van der Waals surface area contributed by atoms with Crippen molar-refractivity contribution in [2.45, 2.75) is 19.4 Å². The first-order valence-electron chi connectivity index (χ1n) is 5.92. The van der Waals surface area contributed by atoms with Crippen molar-refractivity contribution < 1.29 is 4.74 Å². The van der Waals surface area contributed by atoms with Crippen LogP contribution in [-0.2, 0) is 6.42 Å². The van der Waals surface area contributed by atoms with E-state index in [4.69, 9.17) is 10.5 Å². The van der Waals surface area contributed by atoms with Gasteiger partial charge < -0.3 is 10.5 Å². The van der Waals surface area contributed by atoms with E-state index in [2.05, 4.69) is 41.1 Å². The molecule has 1 unspecified atom stereocenters. The van der Waals surface area contributed by atoms with Gasteiger partial charge in [0.05, 0.1) is 12.6 Å². The van der Waals surface area contributed by atoms with Gasteiger partial charge in [0.25, 0.3) is 0 Å². The molecule has 2 nitrogen and oxygen atoms in total. The van der Waals surface area contributed by atoms with Crippen molar-refractivity contribution in [1.82, 2.24) is 0 Å². The van der Waals surface area contributed by atoms with Crippen molar-refractivity contribution in [1.29, 1.82) is 0 Å². The summed E-state index contributed by atoms with van der Waals surface area (Å²) in [6.45, 7) is 2.89. The molecule has 4 heteroatoms. The van der Waals surface area contributed by atoms with Gasteiger partial charge in [0.2, 0.25) is 0 Å². The Kier molecular flexibility index (Phi) is 3.18. The summed E-state index contributed by atoms with van der Waals surface area (Å²) in [6.07, 6.45) is 0.987. The lowest BCUT2D eigenvalue weighted by atomic mass is 10.0. The molecular weight excluding hydrogens is 310 g/mol. The Morgan fingerprint density at radius 2 is 2.22 bits per heavy atom. The molecule has 0 bridgehead atoms. The van der Waals surface area contributed by atoms with E-state index < -0.39 is 0 Å². The van der Waals surface area contributed by atoms with Gasteiger partial charge in [0, 0.05) is 20.6 Å². The summed E-state index contributed by atoms with van der Waals surface area (Å²) in [6, 6.07) is 8.33. The SMILES string of the molecule is Cc1cc(Br)c(C(N)c2ccc3c(c2)CCO3)s1. The van der Waals surface area contributed by atoms with Crippen LogP contribution in [0.15, 0.2) is 28.7 Å². The lowest BCUT2D eigenvalue weighted by Crippen LogP contribution is -2.10. The van der Waals surface area contributed by atoms with Crippen molar-refractivity contribution in [2.24, 2.45) is 5.73 Å². The van der Waals surface area contributed by atoms with Gasteiger partial charge in [-0.15, -0.1) is 11.3 Å². The highest BCUT2D eigenvalue weighted by molar-refractivity contribution is 9.10. The number of rotatable bonds is 2. The number of benzene rings is 1. The summed E-state index contributed by atoms with van der Waals surface area (Å²) in [7, 11) is 0. The Bertz CT molecular complexity index is 593. The van der Waals surface area contributed by atoms with E-state index in [0.29, 0.717) is 0 Å². The molecule has 0 saturated carbocycles. The second-order valence-electron chi connectivity index (χ2n) is 4.51. The fourth-order valence-electron chi connectivity index (χ4n) is 2.26. The molecule has 1 aromatic carbocycles. The summed E-state index contributed by atoms with van der Waals surface area (Å²) in [5, 5.41) is 0. The van der Waals surface area contributed by atoms with Crippen LogP contribution in [0.4, 0.5) is 0 Å². The van der Waals surface area contributed by atoms with E-state index in [1.165, 1.54) is 15.3 Å². The van der Waals surface area contributed by atoms with E-state index in [-0.39, 0.29) is 6.04 Å². The smallest absolute Gasteiger partial charge is 0.122 e. The Morgan fingerprint density at radius 3 is 2.94 bits per heavy atom. The first-order chi connectivity index (χ1) is 8.65. The van der Waals surface area contributed by atoms with Gasteiger partial charge in [-0.05, 0) is 46.1 Å². The molecule has 1 aliphatic rings. The third-order valence-corrected chi connectivity index (χ3v) is 5.24. The highest BCUT2D eigenvalue weighted by Crippen LogP contribution is 2.36. The summed E-state index contributed by atoms with van der Waals surface area (Å²) < 4.78 is 6.63. The quantitative estimate of drug-likeness (QED) is 0.912. The molecule has 2 aromatic rings. The minimum Gasteiger partial charge on any atom is -0.493 e. The topological polar surface area (TPSA) is 35.2 Å². The lowest BCUT2D eigenvalue weighted by molar-refractivity contribution is 0.357. The number of nitrogens with two attached hydrogens (primary N) is 1. The number of hydrogen-bond donors (Lipinski definition) is 1. The average Bonchev–Trinajstić information content (AvgIpc) is 2.93. The average molecular weight is 324 g/mol. The van der Waals surface area contributed by atoms with Gasteiger partial charge >= 0.3 is 0 Å². The van der Waals surface area contributed by atoms with Crippen molar-refractivity contribution in [3.63, 3.8) is 0 Å². The highest BCUT2D eigenvalue weighted by atomic mass is 79.9.